The van der Waals surface area contributed by atoms with E-state index >= 15 is 0 Å². The van der Waals surface area contributed by atoms with Crippen molar-refractivity contribution in [3.8, 4) is 5.75 Å². The second-order valence-corrected chi connectivity index (χ2v) is 7.09. The van der Waals surface area contributed by atoms with Gasteiger partial charge in [0.25, 0.3) is 11.1 Å². The van der Waals surface area contributed by atoms with Gasteiger partial charge in [-0.3, -0.25) is 19.3 Å². The number of alkyl halides is 3. The molecule has 0 saturated carbocycles. The number of methoxy groups -OCH3 is 1. The van der Waals surface area contributed by atoms with E-state index in [1.807, 2.05) is 0 Å². The van der Waals surface area contributed by atoms with Gasteiger partial charge in [0.15, 0.2) is 0 Å². The van der Waals surface area contributed by atoms with Gasteiger partial charge in [-0.1, -0.05) is 30.3 Å². The molecule has 0 aliphatic carbocycles. The monoisotopic (exact) mass is 436 g/mol. The summed E-state index contributed by atoms with van der Waals surface area (Å²) in [5.41, 5.74) is -0.913. The second-order valence-electron chi connectivity index (χ2n) is 6.10. The van der Waals surface area contributed by atoms with E-state index in [9.17, 15) is 27.6 Å². The number of nitrogens with one attached hydrogen (secondary N) is 1. The zero-order valence-corrected chi connectivity index (χ0v) is 16.3. The molecule has 0 radical (unpaired) electrons. The average Bonchev–Trinajstić information content (AvgIpc) is 2.95. The SMILES string of the molecule is COc1ccccc1/C=C1\SC(=O)N(CC(=O)Nc2ccccc2C(F)(F)F)C1=O. The molecule has 2 aromatic rings. The van der Waals surface area contributed by atoms with Gasteiger partial charge in [0.05, 0.1) is 23.3 Å². The summed E-state index contributed by atoms with van der Waals surface area (Å²) >= 11 is 0.634. The Kier molecular flexibility index (Phi) is 6.16. The summed E-state index contributed by atoms with van der Waals surface area (Å²) in [6.45, 7) is -0.708. The molecule has 0 spiro atoms. The Bertz CT molecular complexity index is 1040. The first kappa shape index (κ1) is 21.4. The largest absolute Gasteiger partial charge is 0.496 e. The Balaban J connectivity index is 1.75. The average molecular weight is 436 g/mol. The maximum atomic E-state index is 13.1. The van der Waals surface area contributed by atoms with Gasteiger partial charge < -0.3 is 10.1 Å². The van der Waals surface area contributed by atoms with Crippen LogP contribution in [-0.2, 0) is 15.8 Å². The van der Waals surface area contributed by atoms with Crippen molar-refractivity contribution in [3.63, 3.8) is 0 Å². The molecule has 0 bridgehead atoms. The molecule has 6 nitrogen and oxygen atoms in total. The fraction of sp³-hybridized carbons (Fsp3) is 0.150. The number of halogens is 3. The van der Waals surface area contributed by atoms with Gasteiger partial charge >= 0.3 is 6.18 Å². The lowest BCUT2D eigenvalue weighted by Crippen LogP contribution is -2.36. The first-order chi connectivity index (χ1) is 14.2. The van der Waals surface area contributed by atoms with Crippen molar-refractivity contribution in [1.29, 1.82) is 0 Å². The molecular weight excluding hydrogens is 421 g/mol. The van der Waals surface area contributed by atoms with Crippen LogP contribution in [0.4, 0.5) is 23.7 Å². The minimum absolute atomic E-state index is 0.0768. The number of carbonyl (C=O) groups excluding carboxylic acids is 3. The summed E-state index contributed by atoms with van der Waals surface area (Å²) < 4.78 is 44.4. The molecule has 3 amide bonds. The topological polar surface area (TPSA) is 75.7 Å². The highest BCUT2D eigenvalue weighted by molar-refractivity contribution is 8.18. The summed E-state index contributed by atoms with van der Waals surface area (Å²) in [6, 6.07) is 11.3. The Morgan fingerprint density at radius 3 is 2.50 bits per heavy atom. The Morgan fingerprint density at radius 1 is 1.13 bits per heavy atom. The van der Waals surface area contributed by atoms with Crippen LogP contribution in [-0.4, -0.2) is 35.6 Å². The number of thioether (sulfide) groups is 1. The van der Waals surface area contributed by atoms with Crippen molar-refractivity contribution in [3.05, 3.63) is 64.6 Å². The molecule has 1 heterocycles. The van der Waals surface area contributed by atoms with Crippen LogP contribution in [0.5, 0.6) is 5.75 Å². The highest BCUT2D eigenvalue weighted by Gasteiger charge is 2.37. The van der Waals surface area contributed by atoms with Crippen LogP contribution in [0.1, 0.15) is 11.1 Å². The molecule has 2 aromatic carbocycles. The third kappa shape index (κ3) is 4.65. The normalized spacial score (nSPS) is 15.6. The highest BCUT2D eigenvalue weighted by Crippen LogP contribution is 2.35. The van der Waals surface area contributed by atoms with Gasteiger partial charge in [-0.15, -0.1) is 0 Å². The molecule has 156 valence electrons. The second kappa shape index (κ2) is 8.62. The predicted octanol–water partition coefficient (Wildman–Crippen LogP) is 4.39. The lowest BCUT2D eigenvalue weighted by Gasteiger charge is -2.15. The standard InChI is InChI=1S/C20H15F3N2O4S/c1-29-15-9-5-2-6-12(15)10-16-18(27)25(19(28)30-16)11-17(26)24-14-8-4-3-7-13(14)20(21,22)23/h2-10H,11H2,1H3,(H,24,26)/b16-10-. The van der Waals surface area contributed by atoms with Crippen molar-refractivity contribution < 1.29 is 32.3 Å². The van der Waals surface area contributed by atoms with Crippen molar-refractivity contribution in [2.24, 2.45) is 0 Å². The maximum Gasteiger partial charge on any atom is 0.418 e. The first-order valence-electron chi connectivity index (χ1n) is 8.55. The third-order valence-corrected chi connectivity index (χ3v) is 5.01. The summed E-state index contributed by atoms with van der Waals surface area (Å²) in [5.74, 6) is -1.14. The van der Waals surface area contributed by atoms with Crippen LogP contribution in [0.25, 0.3) is 6.08 Å². The quantitative estimate of drug-likeness (QED) is 0.704. The number of benzene rings is 2. The lowest BCUT2D eigenvalue weighted by atomic mass is 10.1. The maximum absolute atomic E-state index is 13.1. The predicted molar refractivity (Wildman–Crippen MR) is 106 cm³/mol. The fourth-order valence-electron chi connectivity index (χ4n) is 2.74. The molecule has 0 atom stereocenters. The molecule has 10 heteroatoms. The van der Waals surface area contributed by atoms with E-state index in [0.717, 1.165) is 12.1 Å². The zero-order valence-electron chi connectivity index (χ0n) is 15.5. The number of hydrogen-bond donors (Lipinski definition) is 1. The minimum atomic E-state index is -4.66. The van der Waals surface area contributed by atoms with E-state index in [1.54, 1.807) is 24.3 Å². The molecule has 30 heavy (non-hydrogen) atoms. The van der Waals surface area contributed by atoms with Crippen molar-refractivity contribution in [2.75, 3.05) is 19.0 Å². The Hall–Kier alpha value is -3.27. The number of carbonyl (C=O) groups is 3. The van der Waals surface area contributed by atoms with Gasteiger partial charge in [-0.2, -0.15) is 13.2 Å². The number of anilines is 1. The summed E-state index contributed by atoms with van der Waals surface area (Å²) in [5, 5.41) is 1.42. The number of rotatable bonds is 5. The van der Waals surface area contributed by atoms with E-state index in [2.05, 4.69) is 5.32 Å². The number of nitrogens with zero attached hydrogens (tertiary/aromatic N) is 1. The van der Waals surface area contributed by atoms with Crippen LogP contribution >= 0.6 is 11.8 Å². The minimum Gasteiger partial charge on any atom is -0.496 e. The van der Waals surface area contributed by atoms with E-state index in [4.69, 9.17) is 4.74 Å². The van der Waals surface area contributed by atoms with Crippen LogP contribution in [0.2, 0.25) is 0 Å². The lowest BCUT2D eigenvalue weighted by molar-refractivity contribution is -0.137. The molecule has 1 N–H and O–H groups in total. The van der Waals surface area contributed by atoms with Crippen LogP contribution in [0, 0.1) is 0 Å². The van der Waals surface area contributed by atoms with Crippen LogP contribution in [0.3, 0.4) is 0 Å². The molecule has 3 rings (SSSR count). The summed E-state index contributed by atoms with van der Waals surface area (Å²) in [7, 11) is 1.46. The van der Waals surface area contributed by atoms with Crippen LogP contribution in [0.15, 0.2) is 53.4 Å². The highest BCUT2D eigenvalue weighted by atomic mass is 32.2. The van der Waals surface area contributed by atoms with Crippen molar-refractivity contribution in [2.45, 2.75) is 6.18 Å². The molecule has 1 saturated heterocycles. The Labute approximate surface area is 173 Å². The Morgan fingerprint density at radius 2 is 1.80 bits per heavy atom. The van der Waals surface area contributed by atoms with Crippen molar-refractivity contribution in [1.82, 2.24) is 4.90 Å². The van der Waals surface area contributed by atoms with Gasteiger partial charge in [0.1, 0.15) is 12.3 Å². The first-order valence-corrected chi connectivity index (χ1v) is 9.37. The summed E-state index contributed by atoms with van der Waals surface area (Å²) in [6.07, 6.45) is -3.20. The van der Waals surface area contributed by atoms with Gasteiger partial charge in [-0.05, 0) is 36.0 Å². The van der Waals surface area contributed by atoms with Crippen molar-refractivity contribution >= 4 is 40.6 Å². The van der Waals surface area contributed by atoms with Crippen LogP contribution < -0.4 is 10.1 Å². The van der Waals surface area contributed by atoms with E-state index in [0.29, 0.717) is 28.0 Å². The van der Waals surface area contributed by atoms with Gasteiger partial charge in [0, 0.05) is 5.56 Å². The van der Waals surface area contributed by atoms with E-state index < -0.39 is 41.0 Å². The van der Waals surface area contributed by atoms with E-state index in [-0.39, 0.29) is 4.91 Å². The van der Waals surface area contributed by atoms with Gasteiger partial charge in [-0.25, -0.2) is 0 Å². The van der Waals surface area contributed by atoms with E-state index in [1.165, 1.54) is 25.3 Å². The molecule has 1 aliphatic rings. The summed E-state index contributed by atoms with van der Waals surface area (Å²) in [4.78, 5) is 37.7. The molecule has 0 unspecified atom stereocenters. The number of amides is 3. The molecule has 0 aromatic heterocycles. The fourth-order valence-corrected chi connectivity index (χ4v) is 3.57. The smallest absolute Gasteiger partial charge is 0.418 e. The number of para-hydroxylation sites is 2. The number of hydrogen-bond acceptors (Lipinski definition) is 5. The zero-order chi connectivity index (χ0) is 21.9. The number of imide groups is 1. The third-order valence-electron chi connectivity index (χ3n) is 4.11. The van der Waals surface area contributed by atoms with Gasteiger partial charge in [0.2, 0.25) is 5.91 Å². The molecule has 1 aliphatic heterocycles. The molecular formula is C20H15F3N2O4S. The molecule has 1 fully saturated rings. The number of ether oxygens (including phenoxy) is 1.